The van der Waals surface area contributed by atoms with Gasteiger partial charge in [-0.25, -0.2) is 4.79 Å². The largest absolute Gasteiger partial charge is 0.484 e. The van der Waals surface area contributed by atoms with Crippen molar-refractivity contribution in [1.82, 2.24) is 0 Å². The topological polar surface area (TPSA) is 104 Å². The van der Waals surface area contributed by atoms with Crippen molar-refractivity contribution in [1.29, 1.82) is 0 Å². The molecule has 1 amide bonds. The van der Waals surface area contributed by atoms with Gasteiger partial charge in [-0.05, 0) is 65.8 Å². The van der Waals surface area contributed by atoms with Gasteiger partial charge in [-0.3, -0.25) is 9.59 Å². The van der Waals surface area contributed by atoms with Crippen LogP contribution in [0.15, 0.2) is 76.1 Å². The third-order valence-corrected chi connectivity index (χ3v) is 8.36. The van der Waals surface area contributed by atoms with Crippen molar-refractivity contribution >= 4 is 50.0 Å². The molecule has 0 saturated carbocycles. The van der Waals surface area contributed by atoms with Crippen LogP contribution in [0.2, 0.25) is 0 Å². The molecule has 0 saturated heterocycles. The summed E-state index contributed by atoms with van der Waals surface area (Å²) < 4.78 is 22.2. The molecule has 0 radical (unpaired) electrons. The second kappa shape index (κ2) is 11.1. The summed E-state index contributed by atoms with van der Waals surface area (Å²) in [6, 6.07) is 18.2. The lowest BCUT2D eigenvalue weighted by Gasteiger charge is -2.18. The van der Waals surface area contributed by atoms with E-state index in [1.54, 1.807) is 24.3 Å². The van der Waals surface area contributed by atoms with Crippen molar-refractivity contribution in [3.63, 3.8) is 0 Å². The number of amides is 1. The van der Waals surface area contributed by atoms with Crippen molar-refractivity contribution < 1.29 is 28.2 Å². The van der Waals surface area contributed by atoms with E-state index in [2.05, 4.69) is 12.2 Å². The quantitative estimate of drug-likeness (QED) is 0.217. The van der Waals surface area contributed by atoms with Crippen molar-refractivity contribution in [3.8, 4) is 17.2 Å². The molecule has 5 aromatic rings. The van der Waals surface area contributed by atoms with Crippen LogP contribution in [0, 0.1) is 5.92 Å². The molecule has 9 heteroatoms. The predicted molar refractivity (Wildman–Crippen MR) is 157 cm³/mol. The lowest BCUT2D eigenvalue weighted by atomic mass is 9.88. The summed E-state index contributed by atoms with van der Waals surface area (Å²) in [6.07, 6.45) is 3.90. The van der Waals surface area contributed by atoms with Gasteiger partial charge in [-0.1, -0.05) is 37.3 Å². The van der Waals surface area contributed by atoms with E-state index in [9.17, 15) is 14.4 Å². The average molecular weight is 570 g/mol. The maximum Gasteiger partial charge on any atom is 0.341 e. The molecular weight excluding hydrogens is 542 g/mol. The maximum atomic E-state index is 13.1. The van der Waals surface area contributed by atoms with E-state index in [0.717, 1.165) is 40.5 Å². The van der Waals surface area contributed by atoms with Gasteiger partial charge in [0.15, 0.2) is 6.61 Å². The van der Waals surface area contributed by atoms with Gasteiger partial charge < -0.3 is 23.9 Å². The number of thiophene rings is 1. The molecule has 1 unspecified atom stereocenters. The molecule has 1 aliphatic carbocycles. The summed E-state index contributed by atoms with van der Waals surface area (Å²) in [6.45, 7) is 1.88. The number of methoxy groups -OCH3 is 1. The van der Waals surface area contributed by atoms with Crippen LogP contribution in [0.25, 0.3) is 21.7 Å². The SMILES string of the molecule is COC(=O)c1c(NC(=O)COc2ccc3c(=O)c(Oc4ccc5ccccc5c4)coc3c2)sc2c1CCC(C)C2. The number of rotatable bonds is 7. The van der Waals surface area contributed by atoms with E-state index < -0.39 is 11.9 Å². The summed E-state index contributed by atoms with van der Waals surface area (Å²) in [4.78, 5) is 39.4. The molecule has 0 spiro atoms. The molecule has 0 bridgehead atoms. The van der Waals surface area contributed by atoms with Crippen molar-refractivity contribution in [3.05, 3.63) is 93.2 Å². The Balaban J connectivity index is 1.15. The fourth-order valence-electron chi connectivity index (χ4n) is 5.08. The van der Waals surface area contributed by atoms with E-state index >= 15 is 0 Å². The zero-order chi connectivity index (χ0) is 28.5. The van der Waals surface area contributed by atoms with Gasteiger partial charge in [0.2, 0.25) is 11.2 Å². The zero-order valence-electron chi connectivity index (χ0n) is 22.5. The number of carbonyl (C=O) groups excluding carboxylic acids is 2. The van der Waals surface area contributed by atoms with Gasteiger partial charge in [-0.2, -0.15) is 0 Å². The molecule has 2 aromatic heterocycles. The van der Waals surface area contributed by atoms with Gasteiger partial charge >= 0.3 is 5.97 Å². The number of fused-ring (bicyclic) bond motifs is 3. The zero-order valence-corrected chi connectivity index (χ0v) is 23.3. The molecule has 41 heavy (non-hydrogen) atoms. The van der Waals surface area contributed by atoms with Gasteiger partial charge in [0.05, 0.1) is 18.1 Å². The Labute approximate surface area is 239 Å². The number of carbonyl (C=O) groups is 2. The molecule has 208 valence electrons. The van der Waals surface area contributed by atoms with E-state index in [1.165, 1.54) is 24.7 Å². The highest BCUT2D eigenvalue weighted by molar-refractivity contribution is 7.17. The minimum atomic E-state index is -0.457. The van der Waals surface area contributed by atoms with Crippen molar-refractivity contribution in [2.45, 2.75) is 26.2 Å². The number of ether oxygens (including phenoxy) is 3. The van der Waals surface area contributed by atoms with Crippen LogP contribution in [0.4, 0.5) is 5.00 Å². The van der Waals surface area contributed by atoms with Crippen LogP contribution < -0.4 is 20.2 Å². The van der Waals surface area contributed by atoms with E-state index in [4.69, 9.17) is 18.6 Å². The molecule has 1 atom stereocenters. The lowest BCUT2D eigenvalue weighted by Crippen LogP contribution is -2.21. The molecule has 3 aromatic carbocycles. The van der Waals surface area contributed by atoms with Crippen molar-refractivity contribution in [2.24, 2.45) is 5.92 Å². The number of hydrogen-bond acceptors (Lipinski definition) is 8. The maximum absolute atomic E-state index is 13.1. The Morgan fingerprint density at radius 2 is 1.85 bits per heavy atom. The highest BCUT2D eigenvalue weighted by atomic mass is 32.1. The van der Waals surface area contributed by atoms with Crippen LogP contribution >= 0.6 is 11.3 Å². The minimum absolute atomic E-state index is 0.0651. The van der Waals surface area contributed by atoms with Crippen LogP contribution in [0.1, 0.15) is 34.1 Å². The van der Waals surface area contributed by atoms with Crippen LogP contribution in [-0.2, 0) is 22.4 Å². The standard InChI is InChI=1S/C32H27NO7S/c1-18-7-11-24-27(13-18)41-31(29(24)32(36)37-2)33-28(34)17-38-21-10-12-23-25(15-21)39-16-26(30(23)35)40-22-9-8-19-5-3-4-6-20(19)14-22/h3-6,8-10,12,14-16,18H,7,11,13,17H2,1-2H3,(H,33,34). The van der Waals surface area contributed by atoms with Crippen LogP contribution in [0.5, 0.6) is 17.2 Å². The molecule has 1 aliphatic rings. The van der Waals surface area contributed by atoms with Gasteiger partial charge in [-0.15, -0.1) is 11.3 Å². The Bertz CT molecular complexity index is 1850. The smallest absolute Gasteiger partial charge is 0.341 e. The van der Waals surface area contributed by atoms with Gasteiger partial charge in [0, 0.05) is 10.9 Å². The minimum Gasteiger partial charge on any atom is -0.484 e. The fourth-order valence-corrected chi connectivity index (χ4v) is 6.49. The molecule has 8 nitrogen and oxygen atoms in total. The Kier molecular flexibility index (Phi) is 7.19. The second-order valence-corrected chi connectivity index (χ2v) is 11.2. The summed E-state index contributed by atoms with van der Waals surface area (Å²) in [5, 5.41) is 5.69. The highest BCUT2D eigenvalue weighted by Gasteiger charge is 2.29. The van der Waals surface area contributed by atoms with Crippen molar-refractivity contribution in [2.75, 3.05) is 19.0 Å². The van der Waals surface area contributed by atoms with Gasteiger partial charge in [0.1, 0.15) is 28.3 Å². The first kappa shape index (κ1) is 26.6. The van der Waals surface area contributed by atoms with Gasteiger partial charge in [0.25, 0.3) is 5.91 Å². The molecular formula is C32H27NO7S. The highest BCUT2D eigenvalue weighted by Crippen LogP contribution is 2.40. The predicted octanol–water partition coefficient (Wildman–Crippen LogP) is 6.73. The summed E-state index contributed by atoms with van der Waals surface area (Å²) in [5.41, 5.74) is 1.37. The first-order chi connectivity index (χ1) is 19.9. The molecule has 2 heterocycles. The van der Waals surface area contributed by atoms with E-state index in [0.29, 0.717) is 39.0 Å². The Hall–Kier alpha value is -4.63. The number of benzene rings is 3. The monoisotopic (exact) mass is 569 g/mol. The lowest BCUT2D eigenvalue weighted by molar-refractivity contribution is -0.118. The molecule has 0 fully saturated rings. The third-order valence-electron chi connectivity index (χ3n) is 7.19. The first-order valence-electron chi connectivity index (χ1n) is 13.3. The Morgan fingerprint density at radius 1 is 1.05 bits per heavy atom. The number of esters is 1. The number of nitrogens with one attached hydrogen (secondary N) is 1. The van der Waals surface area contributed by atoms with Crippen LogP contribution in [-0.4, -0.2) is 25.6 Å². The fraction of sp³-hybridized carbons (Fsp3) is 0.219. The summed E-state index contributed by atoms with van der Waals surface area (Å²) in [7, 11) is 1.34. The molecule has 6 rings (SSSR count). The number of hydrogen-bond donors (Lipinski definition) is 1. The second-order valence-electron chi connectivity index (χ2n) is 10.1. The summed E-state index contributed by atoms with van der Waals surface area (Å²) in [5.74, 6) is 0.594. The first-order valence-corrected chi connectivity index (χ1v) is 14.1. The average Bonchev–Trinajstić information content (AvgIpc) is 3.33. The molecule has 1 N–H and O–H groups in total. The van der Waals surface area contributed by atoms with E-state index in [-0.39, 0.29) is 17.8 Å². The summed E-state index contributed by atoms with van der Waals surface area (Å²) >= 11 is 1.42. The normalized spacial score (nSPS) is 14.4. The molecule has 0 aliphatic heterocycles. The van der Waals surface area contributed by atoms with Crippen LogP contribution in [0.3, 0.4) is 0 Å². The third kappa shape index (κ3) is 5.40. The number of anilines is 1. The Morgan fingerprint density at radius 3 is 2.68 bits per heavy atom. The van der Waals surface area contributed by atoms with E-state index in [1.807, 2.05) is 36.4 Å².